The normalized spacial score (nSPS) is 11.7. The highest BCUT2D eigenvalue weighted by Crippen LogP contribution is 2.19. The number of thioether (sulfide) groups is 1. The zero-order valence-corrected chi connectivity index (χ0v) is 13.2. The van der Waals surface area contributed by atoms with Crippen molar-refractivity contribution in [2.75, 3.05) is 6.26 Å². The molecule has 0 fully saturated rings. The number of hydrogen-bond donors (Lipinski definition) is 0. The molecule has 2 rings (SSSR count). The quantitative estimate of drug-likeness (QED) is 0.624. The molecule has 20 heavy (non-hydrogen) atoms. The first-order valence-electron chi connectivity index (χ1n) is 6.78. The van der Waals surface area contributed by atoms with Crippen molar-refractivity contribution in [3.63, 3.8) is 0 Å². The van der Waals surface area contributed by atoms with Crippen molar-refractivity contribution in [1.82, 2.24) is 14.9 Å². The van der Waals surface area contributed by atoms with Gasteiger partial charge in [-0.2, -0.15) is 9.78 Å². The van der Waals surface area contributed by atoms with E-state index < -0.39 is 0 Å². The van der Waals surface area contributed by atoms with Gasteiger partial charge in [-0.1, -0.05) is 56.8 Å². The summed E-state index contributed by atoms with van der Waals surface area (Å²) in [4.78, 5) is 0. The van der Waals surface area contributed by atoms with Gasteiger partial charge in [0, 0.05) is 5.92 Å². The Hall–Kier alpha value is -1.62. The van der Waals surface area contributed by atoms with Gasteiger partial charge >= 0.3 is 0 Å². The van der Waals surface area contributed by atoms with E-state index in [2.05, 4.69) is 60.3 Å². The van der Waals surface area contributed by atoms with E-state index in [0.717, 1.165) is 23.0 Å². The Kier molecular flexibility index (Phi) is 4.95. The number of aromatic nitrogens is 3. The second-order valence-electron chi connectivity index (χ2n) is 4.85. The molecule has 0 bridgehead atoms. The van der Waals surface area contributed by atoms with Gasteiger partial charge in [0.2, 0.25) is 5.16 Å². The van der Waals surface area contributed by atoms with E-state index in [1.165, 1.54) is 5.56 Å². The minimum Gasteiger partial charge on any atom is -0.191 e. The van der Waals surface area contributed by atoms with Crippen LogP contribution < -0.4 is 0 Å². The van der Waals surface area contributed by atoms with Crippen LogP contribution in [0, 0.1) is 0 Å². The molecule has 0 aliphatic carbocycles. The minimum absolute atomic E-state index is 0.294. The predicted octanol–water partition coefficient (Wildman–Crippen LogP) is 3.57. The molecule has 106 valence electrons. The molecule has 1 aromatic heterocycles. The molecule has 0 aliphatic rings. The summed E-state index contributed by atoms with van der Waals surface area (Å²) in [6.45, 7) is 6.34. The van der Waals surface area contributed by atoms with Crippen LogP contribution in [0.2, 0.25) is 0 Å². The zero-order chi connectivity index (χ0) is 14.5. The van der Waals surface area contributed by atoms with E-state index in [9.17, 15) is 0 Å². The molecule has 0 N–H and O–H groups in total. The van der Waals surface area contributed by atoms with Gasteiger partial charge in [-0.3, -0.25) is 0 Å². The largest absolute Gasteiger partial charge is 0.211 e. The lowest BCUT2D eigenvalue weighted by Crippen LogP contribution is -2.01. The molecule has 0 saturated heterocycles. The molecule has 0 atom stereocenters. The predicted molar refractivity (Wildman–Crippen MR) is 84.7 cm³/mol. The van der Waals surface area contributed by atoms with Gasteiger partial charge < -0.3 is 0 Å². The van der Waals surface area contributed by atoms with Gasteiger partial charge in [0.05, 0.1) is 6.21 Å². The average Bonchev–Trinajstić information content (AvgIpc) is 2.88. The third kappa shape index (κ3) is 3.28. The lowest BCUT2D eigenvalue weighted by molar-refractivity contribution is 0.668. The summed E-state index contributed by atoms with van der Waals surface area (Å²) < 4.78 is 1.82. The maximum Gasteiger partial charge on any atom is 0.211 e. The topological polar surface area (TPSA) is 43.1 Å². The molecule has 1 heterocycles. The van der Waals surface area contributed by atoms with Crippen molar-refractivity contribution >= 4 is 18.0 Å². The Morgan fingerprint density at radius 2 is 1.95 bits per heavy atom. The molecule has 0 saturated carbocycles. The summed E-state index contributed by atoms with van der Waals surface area (Å²) in [6.07, 6.45) is 4.89. The summed E-state index contributed by atoms with van der Waals surface area (Å²) in [6, 6.07) is 8.43. The molecule has 4 nitrogen and oxygen atoms in total. The van der Waals surface area contributed by atoms with Crippen molar-refractivity contribution in [1.29, 1.82) is 0 Å². The molecule has 0 aliphatic heterocycles. The Bertz CT molecular complexity index is 584. The highest BCUT2D eigenvalue weighted by molar-refractivity contribution is 7.98. The highest BCUT2D eigenvalue weighted by atomic mass is 32.2. The van der Waals surface area contributed by atoms with Crippen LogP contribution in [0.15, 0.2) is 34.5 Å². The molecular weight excluding hydrogens is 268 g/mol. The fourth-order valence-electron chi connectivity index (χ4n) is 1.84. The van der Waals surface area contributed by atoms with Crippen LogP contribution in [0.4, 0.5) is 0 Å². The van der Waals surface area contributed by atoms with Gasteiger partial charge in [-0.25, -0.2) is 0 Å². The monoisotopic (exact) mass is 288 g/mol. The zero-order valence-electron chi connectivity index (χ0n) is 12.4. The maximum absolute atomic E-state index is 4.53. The number of rotatable bonds is 5. The second-order valence-corrected chi connectivity index (χ2v) is 5.62. The lowest BCUT2D eigenvalue weighted by atomic mass is 10.1. The first kappa shape index (κ1) is 14.8. The molecule has 5 heteroatoms. The van der Waals surface area contributed by atoms with Crippen molar-refractivity contribution in [3.05, 3.63) is 41.2 Å². The van der Waals surface area contributed by atoms with Gasteiger partial charge in [-0.15, -0.1) is 10.2 Å². The summed E-state index contributed by atoms with van der Waals surface area (Å²) in [5, 5.41) is 13.7. The Morgan fingerprint density at radius 3 is 2.50 bits per heavy atom. The van der Waals surface area contributed by atoms with Crippen molar-refractivity contribution in [3.8, 4) is 0 Å². The fourth-order valence-corrected chi connectivity index (χ4v) is 2.27. The number of hydrogen-bond acceptors (Lipinski definition) is 4. The Morgan fingerprint density at radius 1 is 1.25 bits per heavy atom. The van der Waals surface area contributed by atoms with E-state index in [-0.39, 0.29) is 0 Å². The van der Waals surface area contributed by atoms with Crippen LogP contribution in [-0.2, 0) is 6.42 Å². The molecule has 0 amide bonds. The van der Waals surface area contributed by atoms with Crippen LogP contribution in [-0.4, -0.2) is 27.3 Å². The second kappa shape index (κ2) is 6.70. The van der Waals surface area contributed by atoms with Gasteiger partial charge in [0.1, 0.15) is 0 Å². The number of aryl methyl sites for hydroxylation is 1. The van der Waals surface area contributed by atoms with E-state index in [0.29, 0.717) is 5.92 Å². The third-order valence-electron chi connectivity index (χ3n) is 3.05. The smallest absolute Gasteiger partial charge is 0.191 e. The summed E-state index contributed by atoms with van der Waals surface area (Å²) in [7, 11) is 0. The van der Waals surface area contributed by atoms with Crippen LogP contribution >= 0.6 is 11.8 Å². The first-order valence-corrected chi connectivity index (χ1v) is 8.00. The molecule has 0 radical (unpaired) electrons. The van der Waals surface area contributed by atoms with E-state index in [1.54, 1.807) is 11.8 Å². The van der Waals surface area contributed by atoms with Gasteiger partial charge in [-0.05, 0) is 23.8 Å². The first-order chi connectivity index (χ1) is 9.65. The number of benzene rings is 1. The Balaban J connectivity index is 2.27. The fraction of sp³-hybridized carbons (Fsp3) is 0.400. The molecular formula is C15H20N4S. The van der Waals surface area contributed by atoms with Crippen molar-refractivity contribution < 1.29 is 0 Å². The third-order valence-corrected chi connectivity index (χ3v) is 3.67. The van der Waals surface area contributed by atoms with Gasteiger partial charge in [0.15, 0.2) is 5.82 Å². The van der Waals surface area contributed by atoms with Gasteiger partial charge in [0.25, 0.3) is 0 Å². The van der Waals surface area contributed by atoms with Crippen LogP contribution in [0.25, 0.3) is 0 Å². The molecule has 1 aromatic carbocycles. The van der Waals surface area contributed by atoms with E-state index >= 15 is 0 Å². The van der Waals surface area contributed by atoms with Crippen molar-refractivity contribution in [2.45, 2.75) is 38.3 Å². The van der Waals surface area contributed by atoms with Crippen molar-refractivity contribution in [2.24, 2.45) is 5.10 Å². The highest BCUT2D eigenvalue weighted by Gasteiger charge is 2.13. The number of nitrogens with zero attached hydrogens (tertiary/aromatic N) is 4. The van der Waals surface area contributed by atoms with Crippen LogP contribution in [0.1, 0.15) is 43.6 Å². The minimum atomic E-state index is 0.294. The molecule has 0 unspecified atom stereocenters. The summed E-state index contributed by atoms with van der Waals surface area (Å²) >= 11 is 1.55. The lowest BCUT2D eigenvalue weighted by Gasteiger charge is -2.05. The van der Waals surface area contributed by atoms with E-state index in [1.807, 2.05) is 17.1 Å². The standard InChI is InChI=1S/C15H20N4S/c1-5-12-6-8-13(9-7-12)10-16-19-14(11(2)3)17-18-15(19)20-4/h6-11H,5H2,1-4H3/b16-10-. The summed E-state index contributed by atoms with van der Waals surface area (Å²) in [5.74, 6) is 1.18. The van der Waals surface area contributed by atoms with E-state index in [4.69, 9.17) is 0 Å². The molecule has 0 spiro atoms. The molecule has 2 aromatic rings. The average molecular weight is 288 g/mol. The maximum atomic E-state index is 4.53. The Labute approximate surface area is 124 Å². The van der Waals surface area contributed by atoms with Crippen LogP contribution in [0.5, 0.6) is 0 Å². The summed E-state index contributed by atoms with van der Waals surface area (Å²) in [5.41, 5.74) is 2.41. The SMILES string of the molecule is CCc1ccc(/C=N\n2c(SC)nnc2C(C)C)cc1. The van der Waals surface area contributed by atoms with Crippen LogP contribution in [0.3, 0.4) is 0 Å².